The molecule has 0 bridgehead atoms. The van der Waals surface area contributed by atoms with Crippen LogP contribution in [0.4, 0.5) is 0 Å². The van der Waals surface area contributed by atoms with E-state index in [2.05, 4.69) is 27.6 Å². The van der Waals surface area contributed by atoms with E-state index in [1.807, 2.05) is 47.4 Å². The minimum Gasteiger partial charge on any atom is -0.336 e. The van der Waals surface area contributed by atoms with Crippen molar-refractivity contribution in [2.24, 2.45) is 0 Å². The largest absolute Gasteiger partial charge is 0.336 e. The molecule has 1 aromatic heterocycles. The lowest BCUT2D eigenvalue weighted by atomic mass is 9.97. The van der Waals surface area contributed by atoms with Crippen LogP contribution < -0.4 is 5.32 Å². The minimum atomic E-state index is 0.106. The Labute approximate surface area is 146 Å². The number of piperazine rings is 1. The topological polar surface area (TPSA) is 61.0 Å². The van der Waals surface area contributed by atoms with Crippen molar-refractivity contribution in [2.75, 3.05) is 26.2 Å². The van der Waals surface area contributed by atoms with Gasteiger partial charge in [-0.3, -0.25) is 9.89 Å². The fourth-order valence-electron chi connectivity index (χ4n) is 3.22. The summed E-state index contributed by atoms with van der Waals surface area (Å²) in [5.41, 5.74) is 5.03. The minimum absolute atomic E-state index is 0.106. The van der Waals surface area contributed by atoms with Crippen LogP contribution in [0.5, 0.6) is 0 Å². The standard InChI is InChI=1S/C20H20N4O/c25-20(24-13-11-21-12-14-24)16-7-5-15(6-8-16)17-3-1-2-4-18(17)19-9-10-22-23-19/h1-10,21H,11-14H2,(H,22,23). The summed E-state index contributed by atoms with van der Waals surface area (Å²) in [6, 6.07) is 18.0. The van der Waals surface area contributed by atoms with Gasteiger partial charge in [0.25, 0.3) is 5.91 Å². The first-order valence-electron chi connectivity index (χ1n) is 8.52. The van der Waals surface area contributed by atoms with Gasteiger partial charge in [0.05, 0.1) is 5.69 Å². The zero-order valence-electron chi connectivity index (χ0n) is 13.9. The van der Waals surface area contributed by atoms with Crippen LogP contribution in [0.3, 0.4) is 0 Å². The van der Waals surface area contributed by atoms with E-state index in [1.54, 1.807) is 6.20 Å². The van der Waals surface area contributed by atoms with Gasteiger partial charge in [-0.15, -0.1) is 0 Å². The van der Waals surface area contributed by atoms with Gasteiger partial charge in [-0.25, -0.2) is 0 Å². The average Bonchev–Trinajstić information content (AvgIpc) is 3.23. The molecule has 0 aliphatic carbocycles. The van der Waals surface area contributed by atoms with E-state index in [4.69, 9.17) is 0 Å². The van der Waals surface area contributed by atoms with Crippen LogP contribution in [0.25, 0.3) is 22.4 Å². The summed E-state index contributed by atoms with van der Waals surface area (Å²) in [5, 5.41) is 10.3. The highest BCUT2D eigenvalue weighted by Crippen LogP contribution is 2.30. The van der Waals surface area contributed by atoms with E-state index >= 15 is 0 Å². The SMILES string of the molecule is O=C(c1ccc(-c2ccccc2-c2ccn[nH]2)cc1)N1CCNCC1. The molecular weight excluding hydrogens is 312 g/mol. The van der Waals surface area contributed by atoms with Gasteiger partial charge in [-0.2, -0.15) is 5.10 Å². The van der Waals surface area contributed by atoms with Crippen molar-refractivity contribution in [1.29, 1.82) is 0 Å². The molecule has 2 aromatic carbocycles. The molecule has 0 atom stereocenters. The maximum Gasteiger partial charge on any atom is 0.253 e. The molecule has 0 radical (unpaired) electrons. The Kier molecular flexibility index (Phi) is 4.31. The molecule has 2 heterocycles. The van der Waals surface area contributed by atoms with Crippen LogP contribution in [-0.4, -0.2) is 47.2 Å². The number of H-pyrrole nitrogens is 1. The second kappa shape index (κ2) is 6.91. The lowest BCUT2D eigenvalue weighted by Gasteiger charge is -2.27. The quantitative estimate of drug-likeness (QED) is 0.775. The highest BCUT2D eigenvalue weighted by molar-refractivity contribution is 5.95. The van der Waals surface area contributed by atoms with E-state index < -0.39 is 0 Å². The number of aromatic nitrogens is 2. The van der Waals surface area contributed by atoms with Gasteiger partial charge in [0.1, 0.15) is 0 Å². The molecule has 1 saturated heterocycles. The van der Waals surface area contributed by atoms with Crippen LogP contribution >= 0.6 is 0 Å². The van der Waals surface area contributed by atoms with Crippen molar-refractivity contribution in [2.45, 2.75) is 0 Å². The summed E-state index contributed by atoms with van der Waals surface area (Å²) < 4.78 is 0. The zero-order chi connectivity index (χ0) is 17.1. The number of carbonyl (C=O) groups is 1. The first-order valence-corrected chi connectivity index (χ1v) is 8.52. The highest BCUT2D eigenvalue weighted by Gasteiger charge is 2.18. The number of nitrogens with zero attached hydrogens (tertiary/aromatic N) is 2. The van der Waals surface area contributed by atoms with E-state index in [9.17, 15) is 4.79 Å². The lowest BCUT2D eigenvalue weighted by molar-refractivity contribution is 0.0736. The Morgan fingerprint density at radius 1 is 0.920 bits per heavy atom. The fraction of sp³-hybridized carbons (Fsp3) is 0.200. The van der Waals surface area contributed by atoms with Crippen molar-refractivity contribution in [3.63, 3.8) is 0 Å². The number of rotatable bonds is 3. The van der Waals surface area contributed by atoms with Gasteiger partial charge in [0.2, 0.25) is 0 Å². The molecule has 126 valence electrons. The van der Waals surface area contributed by atoms with Gasteiger partial charge >= 0.3 is 0 Å². The Morgan fingerprint density at radius 2 is 1.64 bits per heavy atom. The van der Waals surface area contributed by atoms with Crippen LogP contribution in [0.2, 0.25) is 0 Å². The Hall–Kier alpha value is -2.92. The summed E-state index contributed by atoms with van der Waals surface area (Å²) >= 11 is 0. The monoisotopic (exact) mass is 332 g/mol. The zero-order valence-corrected chi connectivity index (χ0v) is 13.9. The molecule has 4 rings (SSSR count). The number of benzene rings is 2. The molecule has 1 aliphatic rings. The summed E-state index contributed by atoms with van der Waals surface area (Å²) in [6.45, 7) is 3.26. The lowest BCUT2D eigenvalue weighted by Crippen LogP contribution is -2.46. The summed E-state index contributed by atoms with van der Waals surface area (Å²) in [6.07, 6.45) is 1.75. The van der Waals surface area contributed by atoms with Gasteiger partial charge in [-0.05, 0) is 29.3 Å². The number of carbonyl (C=O) groups excluding carboxylic acids is 1. The van der Waals surface area contributed by atoms with E-state index in [0.29, 0.717) is 0 Å². The van der Waals surface area contributed by atoms with Crippen molar-refractivity contribution in [3.05, 3.63) is 66.4 Å². The van der Waals surface area contributed by atoms with Crippen molar-refractivity contribution in [3.8, 4) is 22.4 Å². The van der Waals surface area contributed by atoms with Gasteiger partial charge < -0.3 is 10.2 Å². The molecule has 2 N–H and O–H groups in total. The maximum absolute atomic E-state index is 12.6. The molecular formula is C20H20N4O. The Bertz CT molecular complexity index is 850. The number of aromatic amines is 1. The van der Waals surface area contributed by atoms with Crippen LogP contribution in [0, 0.1) is 0 Å². The normalized spacial score (nSPS) is 14.5. The Morgan fingerprint density at radius 3 is 2.32 bits per heavy atom. The smallest absolute Gasteiger partial charge is 0.253 e. The summed E-state index contributed by atoms with van der Waals surface area (Å²) in [4.78, 5) is 14.5. The molecule has 0 spiro atoms. The van der Waals surface area contributed by atoms with Crippen molar-refractivity contribution < 1.29 is 4.79 Å². The van der Waals surface area contributed by atoms with Gasteiger partial charge in [0.15, 0.2) is 0 Å². The molecule has 1 aliphatic heterocycles. The fourth-order valence-corrected chi connectivity index (χ4v) is 3.22. The third kappa shape index (κ3) is 3.19. The van der Waals surface area contributed by atoms with E-state index in [1.165, 1.54) is 0 Å². The van der Waals surface area contributed by atoms with E-state index in [-0.39, 0.29) is 5.91 Å². The van der Waals surface area contributed by atoms with Crippen LogP contribution in [0.1, 0.15) is 10.4 Å². The predicted molar refractivity (Wildman–Crippen MR) is 98.2 cm³/mol. The van der Waals surface area contributed by atoms with Crippen LogP contribution in [0.15, 0.2) is 60.8 Å². The molecule has 0 unspecified atom stereocenters. The molecule has 3 aromatic rings. The number of hydrogen-bond donors (Lipinski definition) is 2. The first-order chi connectivity index (χ1) is 12.3. The maximum atomic E-state index is 12.6. The predicted octanol–water partition coefficient (Wildman–Crippen LogP) is 2.79. The number of nitrogens with one attached hydrogen (secondary N) is 2. The molecule has 1 fully saturated rings. The molecule has 25 heavy (non-hydrogen) atoms. The summed E-state index contributed by atoms with van der Waals surface area (Å²) in [7, 11) is 0. The van der Waals surface area contributed by atoms with Gasteiger partial charge in [0, 0.05) is 43.5 Å². The second-order valence-electron chi connectivity index (χ2n) is 6.14. The number of amides is 1. The average molecular weight is 332 g/mol. The Balaban J connectivity index is 1.62. The first kappa shape index (κ1) is 15.6. The van der Waals surface area contributed by atoms with Crippen molar-refractivity contribution >= 4 is 5.91 Å². The summed E-state index contributed by atoms with van der Waals surface area (Å²) in [5.74, 6) is 0.106. The third-order valence-electron chi connectivity index (χ3n) is 4.57. The molecule has 5 nitrogen and oxygen atoms in total. The highest BCUT2D eigenvalue weighted by atomic mass is 16.2. The van der Waals surface area contributed by atoms with Crippen molar-refractivity contribution in [1.82, 2.24) is 20.4 Å². The van der Waals surface area contributed by atoms with Gasteiger partial charge in [-0.1, -0.05) is 36.4 Å². The number of hydrogen-bond acceptors (Lipinski definition) is 3. The van der Waals surface area contributed by atoms with E-state index in [0.717, 1.165) is 54.1 Å². The molecule has 1 amide bonds. The molecule has 5 heteroatoms. The van der Waals surface area contributed by atoms with Crippen LogP contribution in [-0.2, 0) is 0 Å². The third-order valence-corrected chi connectivity index (χ3v) is 4.57. The molecule has 0 saturated carbocycles. The second-order valence-corrected chi connectivity index (χ2v) is 6.14.